The highest BCUT2D eigenvalue weighted by Crippen LogP contribution is 2.43. The van der Waals surface area contributed by atoms with E-state index in [1.54, 1.807) is 0 Å². The lowest BCUT2D eigenvalue weighted by Crippen LogP contribution is -2.25. The summed E-state index contributed by atoms with van der Waals surface area (Å²) in [6.07, 6.45) is -1.47. The second-order valence-electron chi connectivity index (χ2n) is 5.04. The molecule has 0 fully saturated rings. The molecule has 0 spiro atoms. The van der Waals surface area contributed by atoms with Gasteiger partial charge in [-0.05, 0) is 17.2 Å². The minimum absolute atomic E-state index is 0.303. The molecule has 1 amide bonds. The van der Waals surface area contributed by atoms with Gasteiger partial charge in [-0.1, -0.05) is 42.1 Å². The van der Waals surface area contributed by atoms with E-state index in [9.17, 15) is 13.6 Å². The molecule has 114 valence electrons. The average molecular weight is 329 g/mol. The van der Waals surface area contributed by atoms with Crippen LogP contribution >= 0.6 is 11.8 Å². The number of nitrogens with zero attached hydrogens (tertiary/aromatic N) is 3. The number of amides is 1. The number of carbonyl (C=O) groups excluding carboxylic acids is 1. The fourth-order valence-corrected chi connectivity index (χ4v) is 3.81. The van der Waals surface area contributed by atoms with Crippen molar-refractivity contribution in [2.24, 2.45) is 9.98 Å². The van der Waals surface area contributed by atoms with E-state index in [-0.39, 0.29) is 11.6 Å². The van der Waals surface area contributed by atoms with E-state index >= 15 is 0 Å². The van der Waals surface area contributed by atoms with Crippen LogP contribution in [0.4, 0.5) is 8.78 Å². The molecule has 2 aliphatic heterocycles. The number of hydrogen-bond acceptors (Lipinski definition) is 4. The molecular weight excluding hydrogens is 320 g/mol. The summed E-state index contributed by atoms with van der Waals surface area (Å²) in [5.74, 6) is -0.337. The highest BCUT2D eigenvalue weighted by atomic mass is 32.2. The Balaban J connectivity index is 1.98. The summed E-state index contributed by atoms with van der Waals surface area (Å²) in [7, 11) is 0. The molecule has 0 saturated heterocycles. The number of pyridine rings is 1. The Morgan fingerprint density at radius 1 is 1.17 bits per heavy atom. The Bertz CT molecular complexity index is 865. The SMILES string of the molecule is O=C1N=CN=C2c3c(-c4ccccc4)cc(C(F)F)nc3SC12. The third-order valence-corrected chi connectivity index (χ3v) is 4.83. The van der Waals surface area contributed by atoms with Crippen molar-refractivity contribution in [3.8, 4) is 11.1 Å². The van der Waals surface area contributed by atoms with Crippen molar-refractivity contribution in [3.63, 3.8) is 0 Å². The van der Waals surface area contributed by atoms with E-state index < -0.39 is 11.7 Å². The first kappa shape index (κ1) is 14.2. The monoisotopic (exact) mass is 329 g/mol. The fourth-order valence-electron chi connectivity index (χ4n) is 2.64. The van der Waals surface area contributed by atoms with Gasteiger partial charge in [-0.15, -0.1) is 0 Å². The Hall–Kier alpha value is -2.41. The lowest BCUT2D eigenvalue weighted by atomic mass is 9.96. The molecule has 2 aromatic rings. The van der Waals surface area contributed by atoms with Gasteiger partial charge in [0.1, 0.15) is 22.3 Å². The van der Waals surface area contributed by atoms with Crippen LogP contribution in [0.1, 0.15) is 17.7 Å². The van der Waals surface area contributed by atoms with E-state index in [2.05, 4.69) is 15.0 Å². The summed E-state index contributed by atoms with van der Waals surface area (Å²) in [4.78, 5) is 23.8. The molecule has 2 aliphatic rings. The van der Waals surface area contributed by atoms with Crippen molar-refractivity contribution in [3.05, 3.63) is 47.7 Å². The minimum Gasteiger partial charge on any atom is -0.271 e. The van der Waals surface area contributed by atoms with Crippen LogP contribution in [-0.4, -0.2) is 28.2 Å². The molecule has 23 heavy (non-hydrogen) atoms. The molecule has 7 heteroatoms. The largest absolute Gasteiger partial charge is 0.280 e. The van der Waals surface area contributed by atoms with Gasteiger partial charge in [0.15, 0.2) is 0 Å². The summed E-state index contributed by atoms with van der Waals surface area (Å²) >= 11 is 1.13. The molecule has 3 heterocycles. The molecular formula is C16H9F2N3OS. The van der Waals surface area contributed by atoms with Crippen molar-refractivity contribution >= 4 is 29.7 Å². The van der Waals surface area contributed by atoms with Crippen LogP contribution in [0, 0.1) is 0 Å². The van der Waals surface area contributed by atoms with Crippen LogP contribution in [0.5, 0.6) is 0 Å². The van der Waals surface area contributed by atoms with Crippen LogP contribution < -0.4 is 0 Å². The van der Waals surface area contributed by atoms with Gasteiger partial charge in [-0.25, -0.2) is 23.7 Å². The van der Waals surface area contributed by atoms with E-state index in [0.29, 0.717) is 21.9 Å². The van der Waals surface area contributed by atoms with Crippen molar-refractivity contribution in [1.29, 1.82) is 0 Å². The van der Waals surface area contributed by atoms with Gasteiger partial charge in [0.2, 0.25) is 0 Å². The predicted molar refractivity (Wildman–Crippen MR) is 84.3 cm³/mol. The third-order valence-electron chi connectivity index (χ3n) is 3.65. The number of halogens is 2. The molecule has 4 rings (SSSR count). The number of carbonyl (C=O) groups is 1. The third kappa shape index (κ3) is 2.28. The zero-order chi connectivity index (χ0) is 16.0. The second kappa shape index (κ2) is 5.34. The van der Waals surface area contributed by atoms with Gasteiger partial charge in [0.25, 0.3) is 12.3 Å². The van der Waals surface area contributed by atoms with Crippen molar-refractivity contribution < 1.29 is 13.6 Å². The maximum atomic E-state index is 13.2. The Morgan fingerprint density at radius 2 is 1.96 bits per heavy atom. The predicted octanol–water partition coefficient (Wildman–Crippen LogP) is 3.52. The number of fused-ring (bicyclic) bond motifs is 3. The molecule has 0 N–H and O–H groups in total. The molecule has 1 atom stereocenters. The minimum atomic E-state index is -2.68. The van der Waals surface area contributed by atoms with Gasteiger partial charge in [0, 0.05) is 5.56 Å². The van der Waals surface area contributed by atoms with Gasteiger partial charge < -0.3 is 0 Å². The number of alkyl halides is 2. The molecule has 0 aliphatic carbocycles. The lowest BCUT2D eigenvalue weighted by molar-refractivity contribution is -0.116. The smallest absolute Gasteiger partial charge is 0.271 e. The first-order valence-electron chi connectivity index (χ1n) is 6.85. The molecule has 1 aromatic carbocycles. The normalized spacial score (nSPS) is 18.8. The van der Waals surface area contributed by atoms with Gasteiger partial charge in [0.05, 0.1) is 5.71 Å². The zero-order valence-corrected chi connectivity index (χ0v) is 12.4. The Labute approximate surface area is 134 Å². The highest BCUT2D eigenvalue weighted by Gasteiger charge is 2.39. The topological polar surface area (TPSA) is 54.7 Å². The number of hydrogen-bond donors (Lipinski definition) is 0. The summed E-state index contributed by atoms with van der Waals surface area (Å²) in [6.45, 7) is 0. The van der Waals surface area contributed by atoms with Crippen LogP contribution in [0.25, 0.3) is 11.1 Å². The molecule has 1 unspecified atom stereocenters. The Morgan fingerprint density at radius 3 is 2.70 bits per heavy atom. The van der Waals surface area contributed by atoms with Crippen molar-refractivity contribution in [1.82, 2.24) is 4.98 Å². The standard InChI is InChI=1S/C16H9F2N3OS/c17-14(18)10-6-9(8-4-2-1-3-5-8)11-12-13(23-16(11)21-10)15(22)20-7-19-12/h1-7,13-14H. The average Bonchev–Trinajstić information content (AvgIpc) is 2.95. The maximum Gasteiger partial charge on any atom is 0.280 e. The first-order chi connectivity index (χ1) is 11.1. The second-order valence-corrected chi connectivity index (χ2v) is 6.13. The van der Waals surface area contributed by atoms with Crippen LogP contribution in [0.2, 0.25) is 0 Å². The molecule has 4 nitrogen and oxygen atoms in total. The highest BCUT2D eigenvalue weighted by molar-refractivity contribution is 8.02. The van der Waals surface area contributed by atoms with E-state index in [1.165, 1.54) is 12.4 Å². The fraction of sp³-hybridized carbons (Fsp3) is 0.125. The Kier molecular flexibility index (Phi) is 3.30. The summed E-state index contributed by atoms with van der Waals surface area (Å²) in [5, 5.41) is -0.192. The van der Waals surface area contributed by atoms with E-state index in [4.69, 9.17) is 0 Å². The molecule has 1 aromatic heterocycles. The zero-order valence-electron chi connectivity index (χ0n) is 11.6. The van der Waals surface area contributed by atoms with E-state index in [1.807, 2.05) is 30.3 Å². The van der Waals surface area contributed by atoms with Crippen LogP contribution in [0.3, 0.4) is 0 Å². The summed E-state index contributed by atoms with van der Waals surface area (Å²) < 4.78 is 26.4. The number of aromatic nitrogens is 1. The van der Waals surface area contributed by atoms with Crippen LogP contribution in [0.15, 0.2) is 51.4 Å². The summed E-state index contributed by atoms with van der Waals surface area (Å²) in [6, 6.07) is 10.6. The first-order valence-corrected chi connectivity index (χ1v) is 7.72. The number of rotatable bonds is 2. The molecule has 0 radical (unpaired) electrons. The van der Waals surface area contributed by atoms with Crippen molar-refractivity contribution in [2.45, 2.75) is 16.7 Å². The summed E-state index contributed by atoms with van der Waals surface area (Å²) in [5.41, 5.74) is 2.28. The van der Waals surface area contributed by atoms with Crippen LogP contribution in [-0.2, 0) is 4.79 Å². The molecule has 0 bridgehead atoms. The lowest BCUT2D eigenvalue weighted by Gasteiger charge is -2.12. The molecule has 0 saturated carbocycles. The van der Waals surface area contributed by atoms with Gasteiger partial charge in [-0.3, -0.25) is 4.79 Å². The van der Waals surface area contributed by atoms with Gasteiger partial charge in [-0.2, -0.15) is 0 Å². The number of aliphatic imine (C=N–C) groups is 2. The number of benzene rings is 1. The quantitative estimate of drug-likeness (QED) is 0.847. The van der Waals surface area contributed by atoms with Crippen molar-refractivity contribution in [2.75, 3.05) is 0 Å². The number of thioether (sulfide) groups is 1. The maximum absolute atomic E-state index is 13.2. The van der Waals surface area contributed by atoms with E-state index in [0.717, 1.165) is 17.3 Å². The van der Waals surface area contributed by atoms with Gasteiger partial charge >= 0.3 is 0 Å².